The van der Waals surface area contributed by atoms with Crippen molar-refractivity contribution in [1.82, 2.24) is 5.32 Å². The van der Waals surface area contributed by atoms with Crippen LogP contribution in [0.25, 0.3) is 0 Å². The van der Waals surface area contributed by atoms with Gasteiger partial charge in [-0.05, 0) is 38.5 Å². The molecule has 8 unspecified atom stereocenters. The number of ether oxygens (including phenoxy) is 2. The Morgan fingerprint density at radius 3 is 1.92 bits per heavy atom. The van der Waals surface area contributed by atoms with Gasteiger partial charge < -0.3 is 40.3 Å². The average molecular weight is 750 g/mol. The van der Waals surface area contributed by atoms with E-state index in [-0.39, 0.29) is 6.42 Å². The molecule has 0 aromatic heterocycles. The standard InChI is InChI=1S/C37H67NO12S/c1-3-5-7-9-10-11-12-13-14-15-16-17-18-19-20-21-22-24-26-31(41)36(44)38-29(30(40)25-23-8-6-4-2)28-48-37-34(43)35(50-51(45,46)47)33(42)32(27-39)49-37/h10-13,23,25,29-35,37,39-43H,3-9,14-22,24,26-28H2,1-2H3,(H,38,44)(H,45,46,47)/b11-10-,13-12-,25-23+. The fourth-order valence-electron chi connectivity index (χ4n) is 5.67. The van der Waals surface area contributed by atoms with Crippen molar-refractivity contribution < 1.29 is 57.0 Å². The Morgan fingerprint density at radius 2 is 1.35 bits per heavy atom. The van der Waals surface area contributed by atoms with Crippen LogP contribution in [0, 0.1) is 0 Å². The summed E-state index contributed by atoms with van der Waals surface area (Å²) in [6.45, 7) is 2.96. The van der Waals surface area contributed by atoms with Crippen molar-refractivity contribution in [3.8, 4) is 0 Å². The number of carbonyl (C=O) groups is 1. The minimum absolute atomic E-state index is 0.235. The molecule has 1 rings (SSSR count). The van der Waals surface area contributed by atoms with Gasteiger partial charge in [0.25, 0.3) is 0 Å². The molecule has 7 N–H and O–H groups in total. The third-order valence-corrected chi connectivity index (χ3v) is 9.27. The zero-order valence-corrected chi connectivity index (χ0v) is 31.6. The van der Waals surface area contributed by atoms with Crippen molar-refractivity contribution in [2.45, 2.75) is 178 Å². The highest BCUT2D eigenvalue weighted by Gasteiger charge is 2.48. The molecular weight excluding hydrogens is 682 g/mol. The number of hydrogen-bond donors (Lipinski definition) is 7. The molecule has 1 heterocycles. The fraction of sp³-hybridized carbons (Fsp3) is 0.811. The first-order valence-corrected chi connectivity index (χ1v) is 20.4. The van der Waals surface area contributed by atoms with Gasteiger partial charge in [0.15, 0.2) is 6.29 Å². The van der Waals surface area contributed by atoms with E-state index in [1.165, 1.54) is 51.0 Å². The van der Waals surface area contributed by atoms with Gasteiger partial charge in [0.1, 0.15) is 30.5 Å². The SMILES string of the molecule is CCCC/C=C/C(O)C(COC1OC(CO)C(O)C(OS(=O)(=O)O)C1O)NC(=O)C(O)CCCCCCCCCCC/C=C\C=C/CCCCC. The van der Waals surface area contributed by atoms with E-state index in [9.17, 15) is 38.7 Å². The van der Waals surface area contributed by atoms with Gasteiger partial charge in [-0.15, -0.1) is 0 Å². The first kappa shape index (κ1) is 47.3. The minimum Gasteiger partial charge on any atom is -0.394 e. The van der Waals surface area contributed by atoms with Crippen LogP contribution in [0.2, 0.25) is 0 Å². The minimum atomic E-state index is -5.11. The van der Waals surface area contributed by atoms with Crippen LogP contribution in [0.15, 0.2) is 36.5 Å². The van der Waals surface area contributed by atoms with Gasteiger partial charge in [-0.2, -0.15) is 8.42 Å². The van der Waals surface area contributed by atoms with E-state index >= 15 is 0 Å². The molecule has 8 atom stereocenters. The van der Waals surface area contributed by atoms with Crippen LogP contribution in [0.3, 0.4) is 0 Å². The van der Waals surface area contributed by atoms with Gasteiger partial charge in [-0.1, -0.05) is 127 Å². The number of rotatable bonds is 30. The van der Waals surface area contributed by atoms with Crippen molar-refractivity contribution in [2.75, 3.05) is 13.2 Å². The molecule has 1 aliphatic rings. The predicted molar refractivity (Wildman–Crippen MR) is 196 cm³/mol. The Kier molecular flexibility index (Phi) is 26.7. The van der Waals surface area contributed by atoms with Crippen molar-refractivity contribution in [3.63, 3.8) is 0 Å². The summed E-state index contributed by atoms with van der Waals surface area (Å²) in [6, 6.07) is -1.12. The summed E-state index contributed by atoms with van der Waals surface area (Å²) in [5.41, 5.74) is 0. The largest absolute Gasteiger partial charge is 0.397 e. The van der Waals surface area contributed by atoms with Crippen LogP contribution in [0.1, 0.15) is 129 Å². The second-order valence-electron chi connectivity index (χ2n) is 13.3. The number of aliphatic hydroxyl groups is 5. The van der Waals surface area contributed by atoms with Crippen molar-refractivity contribution in [1.29, 1.82) is 0 Å². The highest BCUT2D eigenvalue weighted by Crippen LogP contribution is 2.26. The van der Waals surface area contributed by atoms with Crippen LogP contribution >= 0.6 is 0 Å². The van der Waals surface area contributed by atoms with Gasteiger partial charge in [0, 0.05) is 0 Å². The smallest absolute Gasteiger partial charge is 0.394 e. The Hall–Kier alpha value is -1.72. The lowest BCUT2D eigenvalue weighted by molar-refractivity contribution is -0.298. The third-order valence-electron chi connectivity index (χ3n) is 8.80. The monoisotopic (exact) mass is 749 g/mol. The second kappa shape index (κ2) is 28.7. The molecule has 0 bridgehead atoms. The van der Waals surface area contributed by atoms with Crippen LogP contribution in [-0.2, 0) is 28.9 Å². The van der Waals surface area contributed by atoms with Gasteiger partial charge in [0.05, 0.1) is 25.4 Å². The second-order valence-corrected chi connectivity index (χ2v) is 14.4. The molecule has 0 aromatic carbocycles. The first-order valence-electron chi connectivity index (χ1n) is 19.0. The maximum Gasteiger partial charge on any atom is 0.397 e. The summed E-state index contributed by atoms with van der Waals surface area (Å²) in [4.78, 5) is 12.9. The van der Waals surface area contributed by atoms with Crippen molar-refractivity contribution in [2.24, 2.45) is 0 Å². The zero-order valence-electron chi connectivity index (χ0n) is 30.8. The summed E-state index contributed by atoms with van der Waals surface area (Å²) >= 11 is 0. The maximum atomic E-state index is 12.9. The average Bonchev–Trinajstić information content (AvgIpc) is 3.09. The molecule has 0 radical (unpaired) electrons. The van der Waals surface area contributed by atoms with Crippen molar-refractivity contribution >= 4 is 16.3 Å². The Labute approximate surface area is 306 Å². The Morgan fingerprint density at radius 1 is 0.804 bits per heavy atom. The molecule has 0 saturated carbocycles. The molecule has 1 fully saturated rings. The summed E-state index contributed by atoms with van der Waals surface area (Å²) in [5, 5.41) is 54.3. The molecule has 0 aromatic rings. The number of aliphatic hydroxyl groups excluding tert-OH is 5. The predicted octanol–water partition coefficient (Wildman–Crippen LogP) is 4.57. The summed E-state index contributed by atoms with van der Waals surface area (Å²) in [6.07, 6.45) is 19.1. The topological polar surface area (TPSA) is 212 Å². The van der Waals surface area contributed by atoms with E-state index < -0.39 is 78.5 Å². The number of unbranched alkanes of at least 4 members (excludes halogenated alkanes) is 14. The summed E-state index contributed by atoms with van der Waals surface area (Å²) < 4.78 is 46.9. The van der Waals surface area contributed by atoms with E-state index in [4.69, 9.17) is 14.0 Å². The highest BCUT2D eigenvalue weighted by atomic mass is 32.3. The summed E-state index contributed by atoms with van der Waals surface area (Å²) in [5.74, 6) is -0.719. The number of nitrogens with one attached hydrogen (secondary N) is 1. The van der Waals surface area contributed by atoms with Gasteiger partial charge in [0.2, 0.25) is 5.91 Å². The molecule has 14 heteroatoms. The van der Waals surface area contributed by atoms with E-state index in [1.807, 2.05) is 6.92 Å². The zero-order chi connectivity index (χ0) is 37.9. The normalized spacial score (nSPS) is 23.3. The molecule has 1 aliphatic heterocycles. The highest BCUT2D eigenvalue weighted by molar-refractivity contribution is 7.80. The van der Waals surface area contributed by atoms with Crippen molar-refractivity contribution in [3.05, 3.63) is 36.5 Å². The fourth-order valence-corrected chi connectivity index (χ4v) is 6.18. The molecule has 298 valence electrons. The molecule has 13 nitrogen and oxygen atoms in total. The lowest BCUT2D eigenvalue weighted by Gasteiger charge is -2.41. The van der Waals surface area contributed by atoms with Gasteiger partial charge in [-0.25, -0.2) is 4.18 Å². The van der Waals surface area contributed by atoms with E-state index in [1.54, 1.807) is 6.08 Å². The summed E-state index contributed by atoms with van der Waals surface area (Å²) in [7, 11) is -5.11. The van der Waals surface area contributed by atoms with E-state index in [0.717, 1.165) is 51.4 Å². The maximum absolute atomic E-state index is 12.9. The Balaban J connectivity index is 2.48. The lowest BCUT2D eigenvalue weighted by Crippen LogP contribution is -2.61. The number of carbonyl (C=O) groups excluding carboxylic acids is 1. The number of amides is 1. The number of hydrogen-bond acceptors (Lipinski definition) is 11. The van der Waals surface area contributed by atoms with Gasteiger partial charge in [-0.3, -0.25) is 9.35 Å². The molecule has 0 spiro atoms. The molecule has 1 amide bonds. The molecule has 51 heavy (non-hydrogen) atoms. The quantitative estimate of drug-likeness (QED) is 0.0233. The molecule has 1 saturated heterocycles. The van der Waals surface area contributed by atoms with Crippen LogP contribution < -0.4 is 5.32 Å². The third kappa shape index (κ3) is 22.2. The van der Waals surface area contributed by atoms with Crippen LogP contribution in [-0.4, -0.2) is 107 Å². The Bertz CT molecular complexity index is 1090. The molecule has 0 aliphatic carbocycles. The molecular formula is C37H67NO12S. The van der Waals surface area contributed by atoms with E-state index in [2.05, 4.69) is 40.7 Å². The number of allylic oxidation sites excluding steroid dienone is 5. The first-order chi connectivity index (χ1) is 24.4. The van der Waals surface area contributed by atoms with Crippen LogP contribution in [0.4, 0.5) is 0 Å². The van der Waals surface area contributed by atoms with Crippen LogP contribution in [0.5, 0.6) is 0 Å². The van der Waals surface area contributed by atoms with Gasteiger partial charge >= 0.3 is 10.4 Å². The lowest BCUT2D eigenvalue weighted by atomic mass is 9.99. The van der Waals surface area contributed by atoms with E-state index in [0.29, 0.717) is 12.8 Å².